The highest BCUT2D eigenvalue weighted by atomic mass is 16.2. The predicted octanol–water partition coefficient (Wildman–Crippen LogP) is 3.34. The van der Waals surface area contributed by atoms with Gasteiger partial charge in [0, 0.05) is 30.4 Å². The molecule has 0 radical (unpaired) electrons. The van der Waals surface area contributed by atoms with E-state index in [9.17, 15) is 4.79 Å². The Morgan fingerprint density at radius 2 is 2.00 bits per heavy atom. The minimum Gasteiger partial charge on any atom is -0.370 e. The predicted molar refractivity (Wildman–Crippen MR) is 84.2 cm³/mol. The highest BCUT2D eigenvalue weighted by Gasteiger charge is 2.18. The van der Waals surface area contributed by atoms with Gasteiger partial charge in [0.25, 0.3) is 5.91 Å². The third-order valence-corrected chi connectivity index (χ3v) is 3.27. The van der Waals surface area contributed by atoms with Crippen LogP contribution in [-0.4, -0.2) is 34.9 Å². The number of hydrogen-bond donors (Lipinski definition) is 1. The molecule has 0 aliphatic rings. The largest absolute Gasteiger partial charge is 0.370 e. The van der Waals surface area contributed by atoms with Crippen LogP contribution in [0.25, 0.3) is 0 Å². The van der Waals surface area contributed by atoms with Crippen LogP contribution in [0.5, 0.6) is 0 Å². The summed E-state index contributed by atoms with van der Waals surface area (Å²) in [6.45, 7) is 11.9. The van der Waals surface area contributed by atoms with Crippen molar-refractivity contribution < 1.29 is 4.79 Å². The zero-order valence-corrected chi connectivity index (χ0v) is 13.4. The Hall–Kier alpha value is -1.58. The lowest BCUT2D eigenvalue weighted by atomic mass is 10.1. The fraction of sp³-hybridized carbons (Fsp3) is 0.625. The molecule has 1 aromatic heterocycles. The highest BCUT2D eigenvalue weighted by molar-refractivity contribution is 5.95. The number of hydrogen-bond acceptors (Lipinski definition) is 3. The van der Waals surface area contributed by atoms with Gasteiger partial charge in [-0.3, -0.25) is 4.79 Å². The van der Waals surface area contributed by atoms with E-state index >= 15 is 0 Å². The molecule has 1 heterocycles. The molecule has 0 saturated carbocycles. The fourth-order valence-electron chi connectivity index (χ4n) is 2.15. The van der Waals surface area contributed by atoms with Gasteiger partial charge in [-0.25, -0.2) is 4.98 Å². The molecular weight excluding hydrogens is 250 g/mol. The van der Waals surface area contributed by atoms with Gasteiger partial charge in [0.05, 0.1) is 0 Å². The van der Waals surface area contributed by atoms with Crippen molar-refractivity contribution in [2.45, 2.75) is 53.5 Å². The first-order valence-corrected chi connectivity index (χ1v) is 7.59. The van der Waals surface area contributed by atoms with Crippen LogP contribution in [0.4, 0.5) is 5.82 Å². The number of anilines is 1. The normalized spacial score (nSPS) is 10.7. The summed E-state index contributed by atoms with van der Waals surface area (Å²) in [4.78, 5) is 19.0. The van der Waals surface area contributed by atoms with Crippen LogP contribution < -0.4 is 5.32 Å². The van der Waals surface area contributed by atoms with Crippen molar-refractivity contribution in [3.8, 4) is 0 Å². The first-order valence-electron chi connectivity index (χ1n) is 7.59. The van der Waals surface area contributed by atoms with Gasteiger partial charge >= 0.3 is 0 Å². The van der Waals surface area contributed by atoms with Gasteiger partial charge in [-0.05, 0) is 45.7 Å². The van der Waals surface area contributed by atoms with Crippen LogP contribution in [0.2, 0.25) is 0 Å². The Kier molecular flexibility index (Phi) is 6.49. The first-order chi connectivity index (χ1) is 9.53. The molecule has 0 bridgehead atoms. The Morgan fingerprint density at radius 3 is 2.50 bits per heavy atom. The maximum atomic E-state index is 12.6. The molecule has 1 N–H and O–H groups in total. The van der Waals surface area contributed by atoms with Crippen molar-refractivity contribution in [2.75, 3.05) is 18.4 Å². The average molecular weight is 277 g/mol. The van der Waals surface area contributed by atoms with E-state index in [1.165, 1.54) is 0 Å². The number of nitrogens with one attached hydrogen (secondary N) is 1. The summed E-state index contributed by atoms with van der Waals surface area (Å²) in [5, 5.41) is 3.27. The summed E-state index contributed by atoms with van der Waals surface area (Å²) < 4.78 is 0. The van der Waals surface area contributed by atoms with Gasteiger partial charge in [0.15, 0.2) is 0 Å². The number of carbonyl (C=O) groups excluding carboxylic acids is 1. The van der Waals surface area contributed by atoms with E-state index < -0.39 is 0 Å². The number of aromatic nitrogens is 1. The SMILES string of the molecule is CCCNc1cc(C(=O)N(CC)C(C)C)cc(CC)n1. The van der Waals surface area contributed by atoms with E-state index in [0.29, 0.717) is 0 Å². The minimum absolute atomic E-state index is 0.0825. The number of pyridine rings is 1. The Morgan fingerprint density at radius 1 is 1.30 bits per heavy atom. The van der Waals surface area contributed by atoms with Crippen molar-refractivity contribution in [1.82, 2.24) is 9.88 Å². The van der Waals surface area contributed by atoms with Crippen LogP contribution in [-0.2, 0) is 6.42 Å². The molecule has 1 rings (SSSR count). The van der Waals surface area contributed by atoms with Crippen LogP contribution in [0.3, 0.4) is 0 Å². The van der Waals surface area contributed by atoms with Gasteiger partial charge in [0.2, 0.25) is 0 Å². The smallest absolute Gasteiger partial charge is 0.254 e. The van der Waals surface area contributed by atoms with Crippen LogP contribution in [0.15, 0.2) is 12.1 Å². The van der Waals surface area contributed by atoms with E-state index in [0.717, 1.165) is 43.0 Å². The molecule has 0 aliphatic carbocycles. The lowest BCUT2D eigenvalue weighted by Gasteiger charge is -2.25. The molecule has 0 unspecified atom stereocenters. The van der Waals surface area contributed by atoms with E-state index in [-0.39, 0.29) is 11.9 Å². The summed E-state index contributed by atoms with van der Waals surface area (Å²) in [5.74, 6) is 0.883. The lowest BCUT2D eigenvalue weighted by molar-refractivity contribution is 0.0716. The summed E-state index contributed by atoms with van der Waals surface area (Å²) in [6, 6.07) is 3.98. The van der Waals surface area contributed by atoms with E-state index in [2.05, 4.69) is 24.1 Å². The molecular formula is C16H27N3O. The minimum atomic E-state index is 0.0825. The quantitative estimate of drug-likeness (QED) is 0.831. The van der Waals surface area contributed by atoms with E-state index in [1.54, 1.807) is 0 Å². The number of rotatable bonds is 7. The van der Waals surface area contributed by atoms with Crippen molar-refractivity contribution >= 4 is 11.7 Å². The van der Waals surface area contributed by atoms with Gasteiger partial charge in [-0.2, -0.15) is 0 Å². The molecule has 0 atom stereocenters. The average Bonchev–Trinajstić information content (AvgIpc) is 2.44. The molecule has 0 spiro atoms. The number of amides is 1. The Balaban J connectivity index is 3.06. The van der Waals surface area contributed by atoms with Crippen LogP contribution >= 0.6 is 0 Å². The monoisotopic (exact) mass is 277 g/mol. The molecule has 20 heavy (non-hydrogen) atoms. The maximum Gasteiger partial charge on any atom is 0.254 e. The third kappa shape index (κ3) is 4.22. The number of nitrogens with zero attached hydrogens (tertiary/aromatic N) is 2. The summed E-state index contributed by atoms with van der Waals surface area (Å²) >= 11 is 0. The van der Waals surface area contributed by atoms with Crippen molar-refractivity contribution in [1.29, 1.82) is 0 Å². The van der Waals surface area contributed by atoms with E-state index in [1.807, 2.05) is 37.8 Å². The van der Waals surface area contributed by atoms with Gasteiger partial charge in [-0.1, -0.05) is 13.8 Å². The number of aryl methyl sites for hydroxylation is 1. The summed E-state index contributed by atoms with van der Waals surface area (Å²) in [5.41, 5.74) is 1.68. The zero-order chi connectivity index (χ0) is 15.1. The lowest BCUT2D eigenvalue weighted by Crippen LogP contribution is -2.36. The second-order valence-electron chi connectivity index (χ2n) is 5.20. The molecule has 0 saturated heterocycles. The van der Waals surface area contributed by atoms with Crippen molar-refractivity contribution in [3.63, 3.8) is 0 Å². The summed E-state index contributed by atoms with van der Waals surface area (Å²) in [6.07, 6.45) is 1.87. The van der Waals surface area contributed by atoms with Crippen molar-refractivity contribution in [2.24, 2.45) is 0 Å². The molecule has 0 aromatic carbocycles. The van der Waals surface area contributed by atoms with Crippen LogP contribution in [0, 0.1) is 0 Å². The Bertz CT molecular complexity index is 443. The fourth-order valence-corrected chi connectivity index (χ4v) is 2.15. The molecule has 1 amide bonds. The molecule has 4 nitrogen and oxygen atoms in total. The standard InChI is InChI=1S/C16H27N3O/c1-6-9-17-15-11-13(10-14(7-2)18-15)16(20)19(8-3)12(4)5/h10-12H,6-9H2,1-5H3,(H,17,18). The molecule has 0 aliphatic heterocycles. The maximum absolute atomic E-state index is 12.6. The second-order valence-corrected chi connectivity index (χ2v) is 5.20. The first kappa shape index (κ1) is 16.5. The van der Waals surface area contributed by atoms with Crippen LogP contribution in [0.1, 0.15) is 57.1 Å². The molecule has 112 valence electrons. The topological polar surface area (TPSA) is 45.2 Å². The summed E-state index contributed by atoms with van der Waals surface area (Å²) in [7, 11) is 0. The van der Waals surface area contributed by atoms with Crippen molar-refractivity contribution in [3.05, 3.63) is 23.4 Å². The molecule has 4 heteroatoms. The van der Waals surface area contributed by atoms with Gasteiger partial charge in [0.1, 0.15) is 5.82 Å². The molecule has 0 fully saturated rings. The second kappa shape index (κ2) is 7.88. The molecule has 1 aromatic rings. The van der Waals surface area contributed by atoms with E-state index in [4.69, 9.17) is 0 Å². The van der Waals surface area contributed by atoms with Gasteiger partial charge in [-0.15, -0.1) is 0 Å². The third-order valence-electron chi connectivity index (χ3n) is 3.27. The number of carbonyl (C=O) groups is 1. The van der Waals surface area contributed by atoms with Gasteiger partial charge < -0.3 is 10.2 Å². The Labute approximate surface area is 122 Å². The highest BCUT2D eigenvalue weighted by Crippen LogP contribution is 2.15. The zero-order valence-electron chi connectivity index (χ0n) is 13.4.